The van der Waals surface area contributed by atoms with Gasteiger partial charge < -0.3 is 15.6 Å². The quantitative estimate of drug-likeness (QED) is 0.588. The Balaban J connectivity index is 4.76. The van der Waals surface area contributed by atoms with Crippen molar-refractivity contribution in [3.05, 3.63) is 0 Å². The van der Waals surface area contributed by atoms with Crippen LogP contribution in [0.4, 0.5) is 0 Å². The molecule has 0 aromatic heterocycles. The minimum Gasteiger partial charge on any atom is -0.480 e. The van der Waals surface area contributed by atoms with Crippen molar-refractivity contribution >= 4 is 22.1 Å². The van der Waals surface area contributed by atoms with E-state index in [0.717, 1.165) is 0 Å². The summed E-state index contributed by atoms with van der Waals surface area (Å²) in [5.41, 5.74) is 3.42. The predicted octanol–water partition coefficient (Wildman–Crippen LogP) is -0.182. The molecule has 0 heterocycles. The van der Waals surface area contributed by atoms with Crippen LogP contribution in [-0.4, -0.2) is 42.8 Å². The molecule has 3 N–H and O–H groups in total. The van der Waals surface area contributed by atoms with Gasteiger partial charge in [-0.15, -0.1) is 0 Å². The minimum atomic E-state index is -3.57. The van der Waals surface area contributed by atoms with Gasteiger partial charge in [0.1, 0.15) is 11.8 Å². The number of hydrogen-bond acceptors (Lipinski definition) is 5. The van der Waals surface area contributed by atoms with E-state index >= 15 is 0 Å². The van der Waals surface area contributed by atoms with E-state index < -0.39 is 33.5 Å². The number of rotatable bonds is 8. The Morgan fingerprint density at radius 3 is 2.35 bits per heavy atom. The highest BCUT2D eigenvalue weighted by molar-refractivity contribution is 7.91. The van der Waals surface area contributed by atoms with Crippen LogP contribution in [0.1, 0.15) is 26.7 Å². The Bertz CT molecular complexity index is 376. The number of nitrogens with two attached hydrogens (primary N) is 1. The van der Waals surface area contributed by atoms with Crippen LogP contribution in [-0.2, 0) is 19.4 Å². The Labute approximate surface area is 101 Å². The molecule has 0 saturated carbocycles. The van der Waals surface area contributed by atoms with Crippen molar-refractivity contribution in [2.24, 2.45) is 11.7 Å². The topological polar surface area (TPSA) is 115 Å². The lowest BCUT2D eigenvalue weighted by Gasteiger charge is -2.22. The zero-order chi connectivity index (χ0) is 13.7. The molecule has 1 unspecified atom stereocenters. The Hall–Kier alpha value is -0.950. The molecule has 6 nitrogen and oxygen atoms in total. The number of aldehydes is 1. The third kappa shape index (κ3) is 5.78. The van der Waals surface area contributed by atoms with Gasteiger partial charge in [-0.3, -0.25) is 4.79 Å². The number of carboxylic acids is 1. The van der Waals surface area contributed by atoms with E-state index in [1.54, 1.807) is 0 Å². The standard InChI is InChI=1S/C10H19NO5S/c1-8(2)3-6-17(15,16)7-10(11,4-5-12)9(13)14/h5,8H,3-4,6-7,11H2,1-2H3,(H,13,14). The fourth-order valence-electron chi connectivity index (χ4n) is 1.24. The van der Waals surface area contributed by atoms with Crippen LogP contribution in [0.2, 0.25) is 0 Å². The van der Waals surface area contributed by atoms with Crippen molar-refractivity contribution in [1.29, 1.82) is 0 Å². The van der Waals surface area contributed by atoms with Gasteiger partial charge in [-0.1, -0.05) is 13.8 Å². The van der Waals surface area contributed by atoms with Crippen molar-refractivity contribution in [3.63, 3.8) is 0 Å². The lowest BCUT2D eigenvalue weighted by atomic mass is 10.0. The van der Waals surface area contributed by atoms with Crippen molar-refractivity contribution < 1.29 is 23.1 Å². The van der Waals surface area contributed by atoms with Crippen LogP contribution in [0, 0.1) is 5.92 Å². The molecule has 0 aliphatic rings. The molecule has 0 amide bonds. The van der Waals surface area contributed by atoms with Crippen LogP contribution in [0.5, 0.6) is 0 Å². The Kier molecular flexibility index (Phi) is 5.77. The average Bonchev–Trinajstić information content (AvgIpc) is 2.14. The van der Waals surface area contributed by atoms with Gasteiger partial charge in [0.2, 0.25) is 0 Å². The summed E-state index contributed by atoms with van der Waals surface area (Å²) in [4.78, 5) is 21.2. The largest absolute Gasteiger partial charge is 0.480 e. The second-order valence-electron chi connectivity index (χ2n) is 4.61. The van der Waals surface area contributed by atoms with E-state index in [2.05, 4.69) is 0 Å². The molecule has 0 fully saturated rings. The van der Waals surface area contributed by atoms with E-state index in [1.807, 2.05) is 13.8 Å². The van der Waals surface area contributed by atoms with E-state index in [9.17, 15) is 18.0 Å². The molecule has 100 valence electrons. The molecular weight excluding hydrogens is 246 g/mol. The molecule has 0 aromatic carbocycles. The maximum atomic E-state index is 11.7. The van der Waals surface area contributed by atoms with Gasteiger partial charge >= 0.3 is 5.97 Å². The Morgan fingerprint density at radius 1 is 1.47 bits per heavy atom. The maximum Gasteiger partial charge on any atom is 0.325 e. The van der Waals surface area contributed by atoms with Gasteiger partial charge in [-0.05, 0) is 12.3 Å². The second kappa shape index (κ2) is 6.11. The van der Waals surface area contributed by atoms with E-state index in [0.29, 0.717) is 12.7 Å². The van der Waals surface area contributed by atoms with Crippen molar-refractivity contribution in [1.82, 2.24) is 0 Å². The Morgan fingerprint density at radius 2 is 2.00 bits per heavy atom. The van der Waals surface area contributed by atoms with Crippen molar-refractivity contribution in [2.45, 2.75) is 32.2 Å². The SMILES string of the molecule is CC(C)CCS(=O)(=O)CC(N)(CC=O)C(=O)O. The van der Waals surface area contributed by atoms with E-state index in [-0.39, 0.29) is 11.7 Å². The molecule has 0 saturated heterocycles. The second-order valence-corrected chi connectivity index (χ2v) is 6.79. The lowest BCUT2D eigenvalue weighted by molar-refractivity contribution is -0.143. The van der Waals surface area contributed by atoms with Gasteiger partial charge in [-0.25, -0.2) is 8.42 Å². The van der Waals surface area contributed by atoms with Crippen LogP contribution in [0.15, 0.2) is 0 Å². The first kappa shape index (κ1) is 16.1. The number of hydrogen-bond donors (Lipinski definition) is 2. The fraction of sp³-hybridized carbons (Fsp3) is 0.800. The predicted molar refractivity (Wildman–Crippen MR) is 63.3 cm³/mol. The highest BCUT2D eigenvalue weighted by atomic mass is 32.2. The number of carboxylic acid groups (broad SMARTS) is 1. The lowest BCUT2D eigenvalue weighted by Crippen LogP contribution is -2.54. The summed E-state index contributed by atoms with van der Waals surface area (Å²) in [6.45, 7) is 3.74. The first-order valence-electron chi connectivity index (χ1n) is 5.29. The van der Waals surface area contributed by atoms with Gasteiger partial charge in [0.05, 0.1) is 11.5 Å². The summed E-state index contributed by atoms with van der Waals surface area (Å²) in [6, 6.07) is 0. The molecule has 0 radical (unpaired) electrons. The number of aliphatic carboxylic acids is 1. The van der Waals surface area contributed by atoms with Crippen LogP contribution in [0.25, 0.3) is 0 Å². The molecular formula is C10H19NO5S. The normalized spacial score (nSPS) is 15.5. The van der Waals surface area contributed by atoms with Crippen molar-refractivity contribution in [2.75, 3.05) is 11.5 Å². The van der Waals surface area contributed by atoms with E-state index in [1.165, 1.54) is 0 Å². The van der Waals surface area contributed by atoms with E-state index in [4.69, 9.17) is 10.8 Å². The zero-order valence-electron chi connectivity index (χ0n) is 10.0. The summed E-state index contributed by atoms with van der Waals surface area (Å²) in [6.07, 6.45) is 0.258. The molecule has 0 aromatic rings. The monoisotopic (exact) mass is 265 g/mol. The molecule has 0 rings (SSSR count). The summed E-state index contributed by atoms with van der Waals surface area (Å²) in [7, 11) is -3.57. The summed E-state index contributed by atoms with van der Waals surface area (Å²) >= 11 is 0. The first-order chi connectivity index (χ1) is 7.63. The third-order valence-electron chi connectivity index (χ3n) is 2.36. The molecule has 7 heteroatoms. The van der Waals surface area contributed by atoms with Crippen LogP contribution < -0.4 is 5.73 Å². The third-order valence-corrected chi connectivity index (χ3v) is 4.17. The van der Waals surface area contributed by atoms with Crippen LogP contribution >= 0.6 is 0 Å². The minimum absolute atomic E-state index is 0.115. The average molecular weight is 265 g/mol. The van der Waals surface area contributed by atoms with Gasteiger partial charge in [0.25, 0.3) is 0 Å². The van der Waals surface area contributed by atoms with Gasteiger partial charge in [0.15, 0.2) is 9.84 Å². The number of carbonyl (C=O) groups is 2. The summed E-state index contributed by atoms with van der Waals surface area (Å²) in [5.74, 6) is -2.10. The van der Waals surface area contributed by atoms with Crippen molar-refractivity contribution in [3.8, 4) is 0 Å². The summed E-state index contributed by atoms with van der Waals surface area (Å²) < 4.78 is 23.3. The van der Waals surface area contributed by atoms with Gasteiger partial charge in [-0.2, -0.15) is 0 Å². The molecule has 0 aliphatic carbocycles. The smallest absolute Gasteiger partial charge is 0.325 e. The first-order valence-corrected chi connectivity index (χ1v) is 7.11. The molecule has 0 aliphatic heterocycles. The molecule has 17 heavy (non-hydrogen) atoms. The maximum absolute atomic E-state index is 11.7. The van der Waals surface area contributed by atoms with Crippen LogP contribution in [0.3, 0.4) is 0 Å². The molecule has 1 atom stereocenters. The summed E-state index contributed by atoms with van der Waals surface area (Å²) in [5, 5.41) is 8.86. The van der Waals surface area contributed by atoms with Gasteiger partial charge in [0, 0.05) is 6.42 Å². The number of carbonyl (C=O) groups excluding carboxylic acids is 1. The molecule has 0 spiro atoms. The zero-order valence-corrected chi connectivity index (χ0v) is 10.9. The molecule has 0 bridgehead atoms. The fourth-order valence-corrected chi connectivity index (χ4v) is 3.24. The highest BCUT2D eigenvalue weighted by Gasteiger charge is 2.38. The number of sulfone groups is 1. The highest BCUT2D eigenvalue weighted by Crippen LogP contribution is 2.12.